The number of aryl methyl sites for hydroxylation is 1. The zero-order valence-corrected chi connectivity index (χ0v) is 16.1. The number of nitrogens with zero attached hydrogens (tertiary/aromatic N) is 3. The van der Waals surface area contributed by atoms with Gasteiger partial charge >= 0.3 is 0 Å². The number of aliphatic hydroxyl groups excluding tert-OH is 1. The van der Waals surface area contributed by atoms with E-state index >= 15 is 0 Å². The summed E-state index contributed by atoms with van der Waals surface area (Å²) in [4.78, 5) is 21.3. The van der Waals surface area contributed by atoms with E-state index in [1.807, 2.05) is 50.2 Å². The van der Waals surface area contributed by atoms with Crippen molar-refractivity contribution in [1.29, 1.82) is 0 Å². The van der Waals surface area contributed by atoms with Gasteiger partial charge in [0.2, 0.25) is 0 Å². The smallest absolute Gasteiger partial charge is 0.255 e. The molecule has 6 nitrogen and oxygen atoms in total. The van der Waals surface area contributed by atoms with Crippen LogP contribution in [0.15, 0.2) is 42.6 Å². The summed E-state index contributed by atoms with van der Waals surface area (Å²) in [7, 11) is 0. The van der Waals surface area contributed by atoms with Crippen molar-refractivity contribution in [2.24, 2.45) is 0 Å². The Hall–Kier alpha value is -2.44. The number of rotatable bonds is 6. The number of anilines is 2. The molecule has 2 N–H and O–H groups in total. The predicted octanol–water partition coefficient (Wildman–Crippen LogP) is 2.54. The summed E-state index contributed by atoms with van der Waals surface area (Å²) in [6.07, 6.45) is 2.25. The van der Waals surface area contributed by atoms with Crippen LogP contribution in [0.5, 0.6) is 0 Å². The van der Waals surface area contributed by atoms with Crippen molar-refractivity contribution in [3.63, 3.8) is 0 Å². The summed E-state index contributed by atoms with van der Waals surface area (Å²) in [6, 6.07) is 11.3. The molecule has 1 amide bonds. The van der Waals surface area contributed by atoms with Gasteiger partial charge in [0.05, 0.1) is 18.0 Å². The van der Waals surface area contributed by atoms with E-state index in [0.717, 1.165) is 50.5 Å². The number of benzene rings is 1. The number of aromatic nitrogens is 1. The number of β-amino-alcohol motifs (C(OH)–C–C–N with tert-alkyl or cyclic N) is 1. The van der Waals surface area contributed by atoms with Gasteiger partial charge in [-0.2, -0.15) is 0 Å². The summed E-state index contributed by atoms with van der Waals surface area (Å²) in [6.45, 7) is 8.36. The summed E-state index contributed by atoms with van der Waals surface area (Å²) in [5.41, 5.74) is 2.45. The Morgan fingerprint density at radius 2 is 1.85 bits per heavy atom. The Labute approximate surface area is 160 Å². The number of amides is 1. The minimum absolute atomic E-state index is 0.132. The van der Waals surface area contributed by atoms with E-state index in [9.17, 15) is 9.90 Å². The van der Waals surface area contributed by atoms with E-state index in [4.69, 9.17) is 0 Å². The Morgan fingerprint density at radius 3 is 2.44 bits per heavy atom. The molecule has 1 saturated heterocycles. The summed E-state index contributed by atoms with van der Waals surface area (Å²) in [5.74, 6) is 0.784. The van der Waals surface area contributed by atoms with Gasteiger partial charge in [0.15, 0.2) is 0 Å². The maximum absolute atomic E-state index is 12.3. The van der Waals surface area contributed by atoms with E-state index < -0.39 is 0 Å². The Bertz CT molecular complexity index is 738. The van der Waals surface area contributed by atoms with Crippen LogP contribution in [0.1, 0.15) is 29.3 Å². The molecule has 1 aromatic heterocycles. The molecular weight excluding hydrogens is 340 g/mol. The third-order valence-electron chi connectivity index (χ3n) is 4.96. The first-order valence-electron chi connectivity index (χ1n) is 9.54. The quantitative estimate of drug-likeness (QED) is 0.820. The molecule has 1 aromatic carbocycles. The molecule has 1 atom stereocenters. The summed E-state index contributed by atoms with van der Waals surface area (Å²) in [5, 5.41) is 12.7. The topological polar surface area (TPSA) is 68.7 Å². The molecule has 0 radical (unpaired) electrons. The van der Waals surface area contributed by atoms with E-state index in [0.29, 0.717) is 11.3 Å². The van der Waals surface area contributed by atoms with Gasteiger partial charge < -0.3 is 15.3 Å². The molecule has 6 heteroatoms. The van der Waals surface area contributed by atoms with Crippen LogP contribution >= 0.6 is 0 Å². The zero-order valence-electron chi connectivity index (χ0n) is 16.1. The number of hydrogen-bond donors (Lipinski definition) is 2. The number of aliphatic hydroxyl groups is 1. The first-order chi connectivity index (χ1) is 13.0. The van der Waals surface area contributed by atoms with Crippen LogP contribution in [0, 0.1) is 6.92 Å². The number of hydrogen-bond acceptors (Lipinski definition) is 5. The average molecular weight is 368 g/mol. The SMILES string of the molecule is CCC(O)CN1CCN(c2ccc(NC(=O)c3ccc(C)cc3)cn2)CC1. The predicted molar refractivity (Wildman–Crippen MR) is 108 cm³/mol. The number of piperazine rings is 1. The van der Waals surface area contributed by atoms with Crippen LogP contribution < -0.4 is 10.2 Å². The van der Waals surface area contributed by atoms with Gasteiger partial charge in [-0.05, 0) is 37.6 Å². The maximum atomic E-state index is 12.3. The molecule has 0 bridgehead atoms. The third-order valence-corrected chi connectivity index (χ3v) is 4.96. The fourth-order valence-corrected chi connectivity index (χ4v) is 3.14. The van der Waals surface area contributed by atoms with Gasteiger partial charge in [0.25, 0.3) is 5.91 Å². The monoisotopic (exact) mass is 368 g/mol. The highest BCUT2D eigenvalue weighted by atomic mass is 16.3. The molecule has 2 aromatic rings. The van der Waals surface area contributed by atoms with Crippen LogP contribution in [-0.4, -0.2) is 59.7 Å². The second-order valence-corrected chi connectivity index (χ2v) is 7.07. The lowest BCUT2D eigenvalue weighted by atomic mass is 10.1. The van der Waals surface area contributed by atoms with Crippen molar-refractivity contribution in [3.05, 3.63) is 53.7 Å². The Morgan fingerprint density at radius 1 is 1.15 bits per heavy atom. The molecule has 1 unspecified atom stereocenters. The molecule has 1 aliphatic rings. The van der Waals surface area contributed by atoms with Crippen LogP contribution in [0.25, 0.3) is 0 Å². The van der Waals surface area contributed by atoms with Gasteiger partial charge in [-0.15, -0.1) is 0 Å². The van der Waals surface area contributed by atoms with Gasteiger partial charge in [-0.25, -0.2) is 4.98 Å². The minimum atomic E-state index is -0.244. The van der Waals surface area contributed by atoms with E-state index in [2.05, 4.69) is 20.1 Å². The summed E-state index contributed by atoms with van der Waals surface area (Å²) < 4.78 is 0. The molecule has 1 aliphatic heterocycles. The lowest BCUT2D eigenvalue weighted by molar-refractivity contribution is 0.102. The highest BCUT2D eigenvalue weighted by molar-refractivity contribution is 6.04. The summed E-state index contributed by atoms with van der Waals surface area (Å²) >= 11 is 0. The van der Waals surface area contributed by atoms with Crippen LogP contribution in [0.3, 0.4) is 0 Å². The average Bonchev–Trinajstić information content (AvgIpc) is 2.69. The molecule has 2 heterocycles. The fraction of sp³-hybridized carbons (Fsp3) is 0.429. The number of pyridine rings is 1. The molecule has 0 saturated carbocycles. The van der Waals surface area contributed by atoms with E-state index in [-0.39, 0.29) is 12.0 Å². The second kappa shape index (κ2) is 8.97. The van der Waals surface area contributed by atoms with Crippen molar-refractivity contribution < 1.29 is 9.90 Å². The normalized spacial score (nSPS) is 16.2. The Balaban J connectivity index is 1.53. The van der Waals surface area contributed by atoms with Crippen LogP contribution in [-0.2, 0) is 0 Å². The largest absolute Gasteiger partial charge is 0.392 e. The third kappa shape index (κ3) is 5.28. The second-order valence-electron chi connectivity index (χ2n) is 7.07. The molecule has 27 heavy (non-hydrogen) atoms. The standard InChI is InChI=1S/C21H28N4O2/c1-3-19(26)15-24-10-12-25(13-11-24)20-9-8-18(14-22-20)23-21(27)17-6-4-16(2)5-7-17/h4-9,14,19,26H,3,10-13,15H2,1-2H3,(H,23,27). The van der Waals surface area contributed by atoms with Crippen molar-refractivity contribution in [3.8, 4) is 0 Å². The van der Waals surface area contributed by atoms with Crippen LogP contribution in [0.2, 0.25) is 0 Å². The first-order valence-corrected chi connectivity index (χ1v) is 9.54. The van der Waals surface area contributed by atoms with Gasteiger partial charge in [-0.1, -0.05) is 24.6 Å². The van der Waals surface area contributed by atoms with E-state index in [1.165, 1.54) is 0 Å². The molecule has 0 aliphatic carbocycles. The number of carbonyl (C=O) groups excluding carboxylic acids is 1. The van der Waals surface area contributed by atoms with Crippen molar-refractivity contribution in [2.45, 2.75) is 26.4 Å². The van der Waals surface area contributed by atoms with E-state index in [1.54, 1.807) is 6.20 Å². The zero-order chi connectivity index (χ0) is 19.2. The van der Waals surface area contributed by atoms with Crippen molar-refractivity contribution in [2.75, 3.05) is 42.9 Å². The number of nitrogens with one attached hydrogen (secondary N) is 1. The number of carbonyl (C=O) groups is 1. The van der Waals surface area contributed by atoms with Gasteiger partial charge in [-0.3, -0.25) is 9.69 Å². The first kappa shape index (κ1) is 19.3. The van der Waals surface area contributed by atoms with Crippen LogP contribution in [0.4, 0.5) is 11.5 Å². The molecular formula is C21H28N4O2. The fourth-order valence-electron chi connectivity index (χ4n) is 3.14. The van der Waals surface area contributed by atoms with Gasteiger partial charge in [0, 0.05) is 38.3 Å². The van der Waals surface area contributed by atoms with Gasteiger partial charge in [0.1, 0.15) is 5.82 Å². The van der Waals surface area contributed by atoms with Crippen molar-refractivity contribution >= 4 is 17.4 Å². The molecule has 144 valence electrons. The lowest BCUT2D eigenvalue weighted by Gasteiger charge is -2.36. The molecule has 0 spiro atoms. The molecule has 3 rings (SSSR count). The minimum Gasteiger partial charge on any atom is -0.392 e. The maximum Gasteiger partial charge on any atom is 0.255 e. The Kier molecular flexibility index (Phi) is 6.42. The van der Waals surface area contributed by atoms with Crippen molar-refractivity contribution in [1.82, 2.24) is 9.88 Å². The highest BCUT2D eigenvalue weighted by Gasteiger charge is 2.19. The highest BCUT2D eigenvalue weighted by Crippen LogP contribution is 2.17. The lowest BCUT2D eigenvalue weighted by Crippen LogP contribution is -2.48. The molecule has 1 fully saturated rings.